The normalized spacial score (nSPS) is 13.4. The van der Waals surface area contributed by atoms with E-state index in [0.29, 0.717) is 35.0 Å². The summed E-state index contributed by atoms with van der Waals surface area (Å²) in [7, 11) is 0. The van der Waals surface area contributed by atoms with Gasteiger partial charge in [0.25, 0.3) is 0 Å². The lowest BCUT2D eigenvalue weighted by atomic mass is 10.0. The van der Waals surface area contributed by atoms with Gasteiger partial charge in [0.1, 0.15) is 13.2 Å². The second-order valence-electron chi connectivity index (χ2n) is 20.1. The molecule has 0 aromatic rings. The van der Waals surface area contributed by atoms with Gasteiger partial charge in [-0.2, -0.15) is 37.9 Å². The second kappa shape index (κ2) is 52.3. The molecular weight excluding hydrogens is 877 g/mol. The summed E-state index contributed by atoms with van der Waals surface area (Å²) in [5, 5.41) is 1.56. The van der Waals surface area contributed by atoms with E-state index in [4.69, 9.17) is 52.1 Å². The highest BCUT2D eigenvalue weighted by Crippen LogP contribution is 2.21. The smallest absolute Gasteiger partial charge is 0.306 e. The molecule has 0 aliphatic carbocycles. The van der Waals surface area contributed by atoms with Gasteiger partial charge in [-0.05, 0) is 57.8 Å². The van der Waals surface area contributed by atoms with Crippen molar-refractivity contribution in [3.63, 3.8) is 0 Å². The summed E-state index contributed by atoms with van der Waals surface area (Å²) in [5.74, 6) is -0.897. The highest BCUT2D eigenvalue weighted by molar-refractivity contribution is 7.81. The summed E-state index contributed by atoms with van der Waals surface area (Å²) in [6.07, 6.45) is 51.1. The quantitative estimate of drug-likeness (QED) is 0.0244. The lowest BCUT2D eigenvalue weighted by Crippen LogP contribution is -2.30. The zero-order valence-corrected chi connectivity index (χ0v) is 46.5. The number of carbonyl (C=O) groups excluding carboxylic acids is 3. The first kappa shape index (κ1) is 65.5. The van der Waals surface area contributed by atoms with Crippen molar-refractivity contribution in [2.75, 3.05) is 13.2 Å². The molecule has 0 aliphatic heterocycles. The van der Waals surface area contributed by atoms with Crippen LogP contribution >= 0.6 is 37.9 Å². The Morgan fingerprint density at radius 2 is 0.515 bits per heavy atom. The number of unbranched alkanes of at least 4 members (excludes halogenated alkanes) is 30. The maximum Gasteiger partial charge on any atom is 0.306 e. The minimum Gasteiger partial charge on any atom is -0.462 e. The molecule has 0 radical (unpaired) electrons. The average Bonchev–Trinajstić information content (AvgIpc) is 3.30. The fourth-order valence-electron chi connectivity index (χ4n) is 8.86. The molecule has 0 aromatic carbocycles. The molecule has 0 spiro atoms. The Morgan fingerprint density at radius 3 is 0.773 bits per heavy atom. The topological polar surface area (TPSA) is 78.9 Å². The maximum absolute atomic E-state index is 12.9. The fraction of sp³-hybridized carbons (Fsp3) is 0.947. The Morgan fingerprint density at radius 1 is 0.303 bits per heavy atom. The highest BCUT2D eigenvalue weighted by atomic mass is 32.1. The van der Waals surface area contributed by atoms with Crippen molar-refractivity contribution in [2.24, 2.45) is 0 Å². The Bertz CT molecular complexity index is 992. The number of hydrogen-bond acceptors (Lipinski definition) is 9. The van der Waals surface area contributed by atoms with Gasteiger partial charge in [-0.15, -0.1) is 0 Å². The van der Waals surface area contributed by atoms with Gasteiger partial charge >= 0.3 is 17.9 Å². The van der Waals surface area contributed by atoms with Crippen LogP contribution in [0.5, 0.6) is 0 Å². The highest BCUT2D eigenvalue weighted by Gasteiger charge is 2.20. The number of ether oxygens (including phenoxy) is 3. The van der Waals surface area contributed by atoms with E-state index < -0.39 is 6.10 Å². The molecule has 0 saturated carbocycles. The van der Waals surface area contributed by atoms with E-state index in [0.717, 1.165) is 57.8 Å². The number of carbonyl (C=O) groups is 3. The van der Waals surface area contributed by atoms with Crippen molar-refractivity contribution < 1.29 is 28.6 Å². The summed E-state index contributed by atoms with van der Waals surface area (Å²) in [6, 6.07) is 0. The first-order chi connectivity index (χ1) is 32.2. The van der Waals surface area contributed by atoms with Crippen LogP contribution in [0.1, 0.15) is 310 Å². The van der Waals surface area contributed by atoms with Crippen molar-refractivity contribution >= 4 is 55.8 Å². The van der Waals surface area contributed by atoms with Gasteiger partial charge in [0.2, 0.25) is 0 Å². The molecule has 0 bridgehead atoms. The molecule has 66 heavy (non-hydrogen) atoms. The molecular formula is C57H110O6S3. The van der Waals surface area contributed by atoms with E-state index in [2.05, 4.69) is 20.8 Å². The molecule has 0 N–H and O–H groups in total. The van der Waals surface area contributed by atoms with Crippen molar-refractivity contribution in [2.45, 2.75) is 332 Å². The van der Waals surface area contributed by atoms with Gasteiger partial charge in [0, 0.05) is 35.0 Å². The number of rotatable bonds is 53. The summed E-state index contributed by atoms with van der Waals surface area (Å²) in [4.78, 5) is 38.3. The van der Waals surface area contributed by atoms with Gasteiger partial charge in [0.05, 0.1) is 0 Å². The molecule has 0 aromatic heterocycles. The zero-order chi connectivity index (χ0) is 48.4. The number of thiol groups is 3. The van der Waals surface area contributed by atoms with Crippen LogP contribution in [0.15, 0.2) is 0 Å². The monoisotopic (exact) mass is 987 g/mol. The predicted molar refractivity (Wildman–Crippen MR) is 295 cm³/mol. The van der Waals surface area contributed by atoms with Crippen LogP contribution in [0.3, 0.4) is 0 Å². The Labute approximate surface area is 426 Å². The van der Waals surface area contributed by atoms with Crippen LogP contribution < -0.4 is 0 Å². The molecule has 0 amide bonds. The van der Waals surface area contributed by atoms with Gasteiger partial charge in [0.15, 0.2) is 6.10 Å². The molecule has 9 heteroatoms. The maximum atomic E-state index is 12.9. The molecule has 0 rings (SSSR count). The Kier molecular flexibility index (Phi) is 51.9. The van der Waals surface area contributed by atoms with E-state index in [-0.39, 0.29) is 31.1 Å². The molecule has 0 aliphatic rings. The summed E-state index contributed by atoms with van der Waals surface area (Å²) in [6.45, 7) is 6.62. The zero-order valence-electron chi connectivity index (χ0n) is 43.8. The number of esters is 3. The van der Waals surface area contributed by atoms with Gasteiger partial charge in [-0.1, -0.05) is 233 Å². The lowest BCUT2D eigenvalue weighted by molar-refractivity contribution is -0.167. The first-order valence-electron chi connectivity index (χ1n) is 28.8. The lowest BCUT2D eigenvalue weighted by Gasteiger charge is -2.18. The average molecular weight is 988 g/mol. The summed E-state index contributed by atoms with van der Waals surface area (Å²) < 4.78 is 16.9. The van der Waals surface area contributed by atoms with Crippen LogP contribution in [0.4, 0.5) is 0 Å². The summed E-state index contributed by atoms with van der Waals surface area (Å²) >= 11 is 14.5. The third kappa shape index (κ3) is 49.9. The van der Waals surface area contributed by atoms with Crippen LogP contribution in [0.2, 0.25) is 0 Å². The molecule has 0 fully saturated rings. The van der Waals surface area contributed by atoms with Crippen molar-refractivity contribution in [1.82, 2.24) is 0 Å². The van der Waals surface area contributed by atoms with E-state index in [1.54, 1.807) is 0 Å². The molecule has 6 nitrogen and oxygen atoms in total. The van der Waals surface area contributed by atoms with Crippen LogP contribution in [0, 0.1) is 0 Å². The van der Waals surface area contributed by atoms with Gasteiger partial charge in [-0.25, -0.2) is 0 Å². The van der Waals surface area contributed by atoms with Gasteiger partial charge < -0.3 is 14.2 Å². The summed E-state index contributed by atoms with van der Waals surface area (Å²) in [5.41, 5.74) is 0. The predicted octanol–water partition coefficient (Wildman–Crippen LogP) is 18.5. The van der Waals surface area contributed by atoms with E-state index in [1.165, 1.54) is 212 Å². The SMILES string of the molecule is CCCCCCCCC(S)CCCCCCCCC(=O)OCC(COC(=O)CCCCCCCCC(S)CCCCCCCC)OC(=O)CCCCCCCCC(S)CCCCCCCC. The Balaban J connectivity index is 4.45. The third-order valence-electron chi connectivity index (χ3n) is 13.3. The minimum atomic E-state index is -0.788. The van der Waals surface area contributed by atoms with Crippen molar-refractivity contribution in [1.29, 1.82) is 0 Å². The van der Waals surface area contributed by atoms with Crippen LogP contribution in [0.25, 0.3) is 0 Å². The Hall–Kier alpha value is -0.540. The molecule has 392 valence electrons. The molecule has 0 heterocycles. The minimum absolute atomic E-state index is 0.0847. The van der Waals surface area contributed by atoms with Crippen LogP contribution in [-0.4, -0.2) is 53.0 Å². The molecule has 3 atom stereocenters. The third-order valence-corrected chi connectivity index (χ3v) is 14.9. The van der Waals surface area contributed by atoms with Crippen LogP contribution in [-0.2, 0) is 28.6 Å². The molecule has 3 unspecified atom stereocenters. The van der Waals surface area contributed by atoms with Gasteiger partial charge in [-0.3, -0.25) is 14.4 Å². The standard InChI is InChI=1S/C57H110O6S3/c1-4-7-10-13-22-31-40-52(64)43-34-25-16-19-28-37-46-55(58)61-49-51(63-57(60)48-39-30-21-18-27-36-45-54(66)42-33-24-15-12-9-6-3)50-62-56(59)47-38-29-20-17-26-35-44-53(65)41-32-23-14-11-8-5-2/h51-54,64-66H,4-50H2,1-3H3. The first-order valence-corrected chi connectivity index (χ1v) is 30.3. The molecule has 0 saturated heterocycles. The fourth-order valence-corrected chi connectivity index (χ4v) is 9.96. The van der Waals surface area contributed by atoms with Crippen molar-refractivity contribution in [3.05, 3.63) is 0 Å². The van der Waals surface area contributed by atoms with E-state index >= 15 is 0 Å². The largest absolute Gasteiger partial charge is 0.462 e. The van der Waals surface area contributed by atoms with E-state index in [9.17, 15) is 14.4 Å². The van der Waals surface area contributed by atoms with Crippen molar-refractivity contribution in [3.8, 4) is 0 Å². The van der Waals surface area contributed by atoms with E-state index in [1.807, 2.05) is 0 Å². The second-order valence-corrected chi connectivity index (χ2v) is 22.3. The number of hydrogen-bond donors (Lipinski definition) is 3.